The number of methoxy groups -OCH3 is 2. The van der Waals surface area contributed by atoms with Crippen LogP contribution in [-0.4, -0.2) is 31.0 Å². The molecular weight excluding hydrogens is 454 g/mol. The molecule has 3 aromatic rings. The van der Waals surface area contributed by atoms with Gasteiger partial charge in [-0.2, -0.15) is 0 Å². The van der Waals surface area contributed by atoms with E-state index in [2.05, 4.69) is 0 Å². The number of amides is 1. The topological polar surface area (TPSA) is 76.1 Å². The lowest BCUT2D eigenvalue weighted by atomic mass is 9.92. The number of nitrogens with zero attached hydrogens (tertiary/aromatic N) is 1. The third-order valence-electron chi connectivity index (χ3n) is 6.01. The van der Waals surface area contributed by atoms with Crippen molar-refractivity contribution < 1.29 is 24.2 Å². The van der Waals surface area contributed by atoms with Crippen molar-refractivity contribution in [2.45, 2.75) is 19.9 Å². The summed E-state index contributed by atoms with van der Waals surface area (Å²) >= 11 is 6.34. The molecule has 1 atom stereocenters. The maximum Gasteiger partial charge on any atom is 0.300 e. The van der Waals surface area contributed by atoms with Gasteiger partial charge in [0.05, 0.1) is 30.9 Å². The Balaban J connectivity index is 1.96. The van der Waals surface area contributed by atoms with Gasteiger partial charge in [-0.05, 0) is 66.9 Å². The minimum atomic E-state index is -0.840. The Kier molecular flexibility index (Phi) is 6.35. The van der Waals surface area contributed by atoms with Gasteiger partial charge in [-0.3, -0.25) is 14.5 Å². The molecule has 1 saturated heterocycles. The maximum absolute atomic E-state index is 13.3. The van der Waals surface area contributed by atoms with E-state index in [0.29, 0.717) is 27.8 Å². The van der Waals surface area contributed by atoms with Gasteiger partial charge in [0.25, 0.3) is 11.7 Å². The predicted molar refractivity (Wildman–Crippen MR) is 132 cm³/mol. The largest absolute Gasteiger partial charge is 0.507 e. The molecule has 3 aromatic carbocycles. The quantitative estimate of drug-likeness (QED) is 0.294. The van der Waals surface area contributed by atoms with E-state index in [-0.39, 0.29) is 11.3 Å². The van der Waals surface area contributed by atoms with E-state index < -0.39 is 17.7 Å². The fourth-order valence-electron chi connectivity index (χ4n) is 4.27. The van der Waals surface area contributed by atoms with E-state index in [1.165, 1.54) is 12.0 Å². The lowest BCUT2D eigenvalue weighted by molar-refractivity contribution is -0.132. The summed E-state index contributed by atoms with van der Waals surface area (Å²) in [4.78, 5) is 28.0. The van der Waals surface area contributed by atoms with Gasteiger partial charge < -0.3 is 14.6 Å². The number of ketones is 1. The number of aliphatic hydroxyl groups is 1. The molecule has 0 spiro atoms. The van der Waals surface area contributed by atoms with Crippen LogP contribution in [0.3, 0.4) is 0 Å². The first kappa shape index (κ1) is 23.4. The summed E-state index contributed by atoms with van der Waals surface area (Å²) in [6.07, 6.45) is 0. The average Bonchev–Trinajstić information content (AvgIpc) is 3.09. The van der Waals surface area contributed by atoms with Crippen molar-refractivity contribution in [1.82, 2.24) is 0 Å². The van der Waals surface area contributed by atoms with Crippen molar-refractivity contribution in [3.05, 3.63) is 93.5 Å². The van der Waals surface area contributed by atoms with Crippen LogP contribution >= 0.6 is 11.6 Å². The molecular formula is C27H24ClNO5. The average molecular weight is 478 g/mol. The highest BCUT2D eigenvalue weighted by atomic mass is 35.5. The van der Waals surface area contributed by atoms with E-state index >= 15 is 0 Å². The molecule has 1 heterocycles. The van der Waals surface area contributed by atoms with Crippen LogP contribution in [0.2, 0.25) is 5.02 Å². The number of aryl methyl sites for hydroxylation is 2. The first-order valence-electron chi connectivity index (χ1n) is 10.6. The Morgan fingerprint density at radius 2 is 1.59 bits per heavy atom. The van der Waals surface area contributed by atoms with Gasteiger partial charge in [0.1, 0.15) is 17.3 Å². The zero-order valence-corrected chi connectivity index (χ0v) is 20.0. The summed E-state index contributed by atoms with van der Waals surface area (Å²) in [5, 5.41) is 11.6. The van der Waals surface area contributed by atoms with Crippen LogP contribution in [0, 0.1) is 13.8 Å². The number of hydrogen-bond acceptors (Lipinski definition) is 5. The van der Waals surface area contributed by atoms with E-state index in [4.69, 9.17) is 21.1 Å². The molecule has 1 amide bonds. The molecule has 0 radical (unpaired) electrons. The fourth-order valence-corrected chi connectivity index (χ4v) is 4.52. The molecule has 1 aliphatic heterocycles. The van der Waals surface area contributed by atoms with E-state index in [1.54, 1.807) is 43.5 Å². The van der Waals surface area contributed by atoms with Crippen molar-refractivity contribution in [2.24, 2.45) is 0 Å². The van der Waals surface area contributed by atoms with E-state index in [1.807, 2.05) is 38.1 Å². The molecule has 1 N–H and O–H groups in total. The zero-order chi connectivity index (χ0) is 24.6. The number of rotatable bonds is 5. The van der Waals surface area contributed by atoms with Gasteiger partial charge in [-0.25, -0.2) is 0 Å². The standard InChI is InChI=1S/C27H24ClNO5/c1-15-7-5-6-8-19(15)24-23(25(30)17-9-11-21(33-3)16(2)13-17)26(31)27(32)29(24)18-10-12-22(34-4)20(28)14-18/h5-14,24,30H,1-4H3/b25-23+. The van der Waals surface area contributed by atoms with Crippen LogP contribution < -0.4 is 14.4 Å². The Morgan fingerprint density at radius 3 is 2.21 bits per heavy atom. The number of halogens is 1. The van der Waals surface area contributed by atoms with Gasteiger partial charge in [0, 0.05) is 11.3 Å². The third-order valence-corrected chi connectivity index (χ3v) is 6.30. The van der Waals surface area contributed by atoms with E-state index in [0.717, 1.165) is 16.7 Å². The highest BCUT2D eigenvalue weighted by Crippen LogP contribution is 2.44. The molecule has 7 heteroatoms. The predicted octanol–water partition coefficient (Wildman–Crippen LogP) is 5.60. The number of anilines is 1. The highest BCUT2D eigenvalue weighted by molar-refractivity contribution is 6.52. The molecule has 4 rings (SSSR count). The zero-order valence-electron chi connectivity index (χ0n) is 19.3. The summed E-state index contributed by atoms with van der Waals surface area (Å²) < 4.78 is 10.5. The second-order valence-electron chi connectivity index (χ2n) is 8.03. The van der Waals surface area contributed by atoms with Crippen LogP contribution in [0.1, 0.15) is 28.3 Å². The normalized spacial score (nSPS) is 17.2. The molecule has 1 fully saturated rings. The SMILES string of the molecule is COc1ccc(/C(O)=C2\C(=O)C(=O)N(c3ccc(OC)c(Cl)c3)C2c2ccccc2C)cc1C. The summed E-state index contributed by atoms with van der Waals surface area (Å²) in [5.74, 6) is -0.671. The summed E-state index contributed by atoms with van der Waals surface area (Å²) in [6.45, 7) is 3.74. The van der Waals surface area contributed by atoms with Gasteiger partial charge in [-0.15, -0.1) is 0 Å². The number of ether oxygens (including phenoxy) is 2. The summed E-state index contributed by atoms with van der Waals surface area (Å²) in [6, 6.07) is 16.6. The highest BCUT2D eigenvalue weighted by Gasteiger charge is 2.47. The lowest BCUT2D eigenvalue weighted by Crippen LogP contribution is -2.29. The molecule has 0 aromatic heterocycles. The van der Waals surface area contributed by atoms with Gasteiger partial charge in [-0.1, -0.05) is 35.9 Å². The number of benzene rings is 3. The number of aliphatic hydroxyl groups excluding tert-OH is 1. The Hall–Kier alpha value is -3.77. The van der Waals surface area contributed by atoms with Crippen molar-refractivity contribution in [2.75, 3.05) is 19.1 Å². The van der Waals surface area contributed by atoms with Crippen LogP contribution in [0.5, 0.6) is 11.5 Å². The second-order valence-corrected chi connectivity index (χ2v) is 8.44. The van der Waals surface area contributed by atoms with Crippen molar-refractivity contribution in [3.63, 3.8) is 0 Å². The number of carbonyl (C=O) groups is 2. The lowest BCUT2D eigenvalue weighted by Gasteiger charge is -2.27. The fraction of sp³-hybridized carbons (Fsp3) is 0.185. The molecule has 1 unspecified atom stereocenters. The smallest absolute Gasteiger partial charge is 0.300 e. The molecule has 34 heavy (non-hydrogen) atoms. The first-order valence-corrected chi connectivity index (χ1v) is 11.0. The van der Waals surface area contributed by atoms with Crippen molar-refractivity contribution >= 4 is 34.7 Å². The van der Waals surface area contributed by atoms with Gasteiger partial charge in [0.2, 0.25) is 0 Å². The van der Waals surface area contributed by atoms with Crippen LogP contribution in [-0.2, 0) is 9.59 Å². The second kappa shape index (κ2) is 9.23. The van der Waals surface area contributed by atoms with Crippen molar-refractivity contribution in [3.8, 4) is 11.5 Å². The number of Topliss-reactive ketones (excluding diaryl/α,β-unsaturated/α-hetero) is 1. The minimum Gasteiger partial charge on any atom is -0.507 e. The Morgan fingerprint density at radius 1 is 0.912 bits per heavy atom. The molecule has 0 saturated carbocycles. The van der Waals surface area contributed by atoms with Crippen LogP contribution in [0.4, 0.5) is 5.69 Å². The van der Waals surface area contributed by atoms with Gasteiger partial charge in [0.15, 0.2) is 0 Å². The summed E-state index contributed by atoms with van der Waals surface area (Å²) in [5.41, 5.74) is 3.23. The van der Waals surface area contributed by atoms with Crippen molar-refractivity contribution in [1.29, 1.82) is 0 Å². The van der Waals surface area contributed by atoms with Crippen LogP contribution in [0.25, 0.3) is 5.76 Å². The first-order chi connectivity index (χ1) is 16.3. The molecule has 0 bridgehead atoms. The van der Waals surface area contributed by atoms with Gasteiger partial charge >= 0.3 is 0 Å². The number of hydrogen-bond donors (Lipinski definition) is 1. The molecule has 1 aliphatic rings. The monoisotopic (exact) mass is 477 g/mol. The van der Waals surface area contributed by atoms with Crippen LogP contribution in [0.15, 0.2) is 66.2 Å². The molecule has 0 aliphatic carbocycles. The minimum absolute atomic E-state index is 0.0100. The molecule has 174 valence electrons. The van der Waals surface area contributed by atoms with E-state index in [9.17, 15) is 14.7 Å². The summed E-state index contributed by atoms with van der Waals surface area (Å²) in [7, 11) is 3.06. The molecule has 6 nitrogen and oxygen atoms in total. The Labute approximate surface area is 203 Å². The maximum atomic E-state index is 13.3. The number of carbonyl (C=O) groups excluding carboxylic acids is 2. The Bertz CT molecular complexity index is 1330. The third kappa shape index (κ3) is 3.90.